The van der Waals surface area contributed by atoms with Crippen LogP contribution in [0.2, 0.25) is 0 Å². The van der Waals surface area contributed by atoms with E-state index >= 15 is 0 Å². The molecule has 1 rings (SSSR count). The third-order valence-electron chi connectivity index (χ3n) is 3.04. The van der Waals surface area contributed by atoms with Gasteiger partial charge in [-0.2, -0.15) is 5.26 Å². The van der Waals surface area contributed by atoms with E-state index in [0.29, 0.717) is 0 Å². The van der Waals surface area contributed by atoms with Gasteiger partial charge in [-0.05, 0) is 40.7 Å². The molecular weight excluding hydrogens is 280 g/mol. The monoisotopic (exact) mass is 296 g/mol. The summed E-state index contributed by atoms with van der Waals surface area (Å²) in [4.78, 5) is 0. The average Bonchev–Trinajstić information content (AvgIpc) is 2.30. The highest BCUT2D eigenvalue weighted by molar-refractivity contribution is 9.10. The third kappa shape index (κ3) is 2.80. The molecular formula is C13H17BrN2O. The Balaban J connectivity index is 3.16. The summed E-state index contributed by atoms with van der Waals surface area (Å²) in [6, 6.07) is 7.95. The highest BCUT2D eigenvalue weighted by Crippen LogP contribution is 2.33. The van der Waals surface area contributed by atoms with Crippen molar-refractivity contribution in [3.8, 4) is 11.8 Å². The van der Waals surface area contributed by atoms with Gasteiger partial charge in [0, 0.05) is 5.41 Å². The predicted octanol–water partition coefficient (Wildman–Crippen LogP) is 2.85. The number of nitrogens with one attached hydrogen (secondary N) is 1. The van der Waals surface area contributed by atoms with Crippen molar-refractivity contribution < 1.29 is 4.74 Å². The van der Waals surface area contributed by atoms with Gasteiger partial charge in [0.25, 0.3) is 0 Å². The quantitative estimate of drug-likeness (QED) is 0.929. The molecule has 0 heterocycles. The largest absolute Gasteiger partial charge is 0.496 e. The van der Waals surface area contributed by atoms with Crippen LogP contribution in [0, 0.1) is 11.3 Å². The molecule has 0 aliphatic heterocycles. The second kappa shape index (κ2) is 5.52. The summed E-state index contributed by atoms with van der Waals surface area (Å²) in [5, 5.41) is 12.2. The lowest BCUT2D eigenvalue weighted by atomic mass is 9.78. The van der Waals surface area contributed by atoms with Crippen LogP contribution in [0.1, 0.15) is 19.4 Å². The minimum absolute atomic E-state index is 0.234. The van der Waals surface area contributed by atoms with Crippen LogP contribution in [0.5, 0.6) is 5.75 Å². The van der Waals surface area contributed by atoms with Crippen molar-refractivity contribution in [3.63, 3.8) is 0 Å². The Kier molecular flexibility index (Phi) is 4.55. The van der Waals surface area contributed by atoms with Crippen LogP contribution < -0.4 is 10.1 Å². The minimum Gasteiger partial charge on any atom is -0.496 e. The lowest BCUT2D eigenvalue weighted by molar-refractivity contribution is 0.406. The third-order valence-corrected chi connectivity index (χ3v) is 3.65. The van der Waals surface area contributed by atoms with E-state index in [-0.39, 0.29) is 11.5 Å². The molecule has 1 aromatic carbocycles. The molecule has 0 aliphatic rings. The molecule has 1 atom stereocenters. The smallest absolute Gasteiger partial charge is 0.133 e. The van der Waals surface area contributed by atoms with Crippen LogP contribution in [0.25, 0.3) is 0 Å². The second-order valence-corrected chi connectivity index (χ2v) is 5.28. The van der Waals surface area contributed by atoms with E-state index in [1.54, 1.807) is 14.2 Å². The number of halogens is 1. The Morgan fingerprint density at radius 1 is 1.47 bits per heavy atom. The Morgan fingerprint density at radius 3 is 2.53 bits per heavy atom. The molecule has 0 bridgehead atoms. The van der Waals surface area contributed by atoms with Crippen LogP contribution in [0.3, 0.4) is 0 Å². The number of rotatable bonds is 4. The molecule has 0 aliphatic carbocycles. The van der Waals surface area contributed by atoms with Gasteiger partial charge in [-0.15, -0.1) is 0 Å². The highest BCUT2D eigenvalue weighted by Gasteiger charge is 2.30. The topological polar surface area (TPSA) is 45.0 Å². The maximum absolute atomic E-state index is 9.14. The standard InChI is InChI=1S/C13H17BrN2O/c1-13(2,12(8-15)16-3)9-5-6-11(17-4)10(14)7-9/h5-7,12,16H,1-4H3. The van der Waals surface area contributed by atoms with Crippen LogP contribution >= 0.6 is 15.9 Å². The molecule has 17 heavy (non-hydrogen) atoms. The first-order valence-corrected chi connectivity index (χ1v) is 6.17. The molecule has 0 fully saturated rings. The second-order valence-electron chi connectivity index (χ2n) is 4.42. The van der Waals surface area contributed by atoms with Gasteiger partial charge in [0.1, 0.15) is 11.8 Å². The summed E-state index contributed by atoms with van der Waals surface area (Å²) in [7, 11) is 3.44. The summed E-state index contributed by atoms with van der Waals surface area (Å²) < 4.78 is 6.10. The van der Waals surface area contributed by atoms with Gasteiger partial charge in [-0.3, -0.25) is 0 Å². The van der Waals surface area contributed by atoms with Crippen molar-refractivity contribution in [3.05, 3.63) is 28.2 Å². The van der Waals surface area contributed by atoms with Gasteiger partial charge in [0.2, 0.25) is 0 Å². The van der Waals surface area contributed by atoms with E-state index in [4.69, 9.17) is 10.00 Å². The van der Waals surface area contributed by atoms with Gasteiger partial charge in [0.15, 0.2) is 0 Å². The van der Waals surface area contributed by atoms with E-state index in [9.17, 15) is 0 Å². The van der Waals surface area contributed by atoms with Crippen molar-refractivity contribution in [2.24, 2.45) is 0 Å². The van der Waals surface area contributed by atoms with Gasteiger partial charge in [-0.25, -0.2) is 0 Å². The fraction of sp³-hybridized carbons (Fsp3) is 0.462. The normalized spacial score (nSPS) is 12.9. The summed E-state index contributed by atoms with van der Waals surface area (Å²) in [6.07, 6.45) is 0. The van der Waals surface area contributed by atoms with E-state index in [1.807, 2.05) is 32.0 Å². The maximum Gasteiger partial charge on any atom is 0.133 e. The first-order valence-electron chi connectivity index (χ1n) is 5.38. The van der Waals surface area contributed by atoms with Gasteiger partial charge >= 0.3 is 0 Å². The Labute approximate surface area is 111 Å². The molecule has 0 spiro atoms. The SMILES string of the molecule is CNC(C#N)C(C)(C)c1ccc(OC)c(Br)c1. The number of ether oxygens (including phenoxy) is 1. The summed E-state index contributed by atoms with van der Waals surface area (Å²) in [6.45, 7) is 4.09. The first kappa shape index (κ1) is 14.0. The zero-order valence-electron chi connectivity index (χ0n) is 10.5. The number of hydrogen-bond acceptors (Lipinski definition) is 3. The Morgan fingerprint density at radius 2 is 2.12 bits per heavy atom. The highest BCUT2D eigenvalue weighted by atomic mass is 79.9. The van der Waals surface area contributed by atoms with Crippen molar-refractivity contribution in [1.82, 2.24) is 5.32 Å². The van der Waals surface area contributed by atoms with Gasteiger partial charge in [-0.1, -0.05) is 19.9 Å². The predicted molar refractivity (Wildman–Crippen MR) is 72.2 cm³/mol. The zero-order valence-corrected chi connectivity index (χ0v) is 12.1. The number of hydrogen-bond donors (Lipinski definition) is 1. The summed E-state index contributed by atoms with van der Waals surface area (Å²) in [5.74, 6) is 0.794. The fourth-order valence-electron chi connectivity index (χ4n) is 1.82. The zero-order chi connectivity index (χ0) is 13.1. The molecule has 92 valence electrons. The molecule has 1 aromatic rings. The fourth-order valence-corrected chi connectivity index (χ4v) is 2.36. The number of benzene rings is 1. The molecule has 1 N–H and O–H groups in total. The lowest BCUT2D eigenvalue weighted by Crippen LogP contribution is -2.41. The Hall–Kier alpha value is -1.05. The van der Waals surface area contributed by atoms with Gasteiger partial charge < -0.3 is 10.1 Å². The van der Waals surface area contributed by atoms with Crippen molar-refractivity contribution in [2.45, 2.75) is 25.3 Å². The molecule has 3 nitrogen and oxygen atoms in total. The Bertz CT molecular complexity index is 438. The van der Waals surface area contributed by atoms with Crippen LogP contribution in [0.4, 0.5) is 0 Å². The summed E-state index contributed by atoms with van der Waals surface area (Å²) >= 11 is 3.46. The first-order chi connectivity index (χ1) is 7.97. The number of likely N-dealkylation sites (N-methyl/N-ethyl adjacent to an activating group) is 1. The summed E-state index contributed by atoms with van der Waals surface area (Å²) in [5.41, 5.74) is 0.823. The molecule has 4 heteroatoms. The van der Waals surface area contributed by atoms with E-state index < -0.39 is 0 Å². The van der Waals surface area contributed by atoms with Crippen molar-refractivity contribution in [2.75, 3.05) is 14.2 Å². The van der Waals surface area contributed by atoms with Crippen LogP contribution in [-0.4, -0.2) is 20.2 Å². The van der Waals surface area contributed by atoms with E-state index in [2.05, 4.69) is 27.3 Å². The molecule has 0 amide bonds. The molecule has 0 saturated heterocycles. The van der Waals surface area contributed by atoms with Gasteiger partial charge in [0.05, 0.1) is 17.7 Å². The maximum atomic E-state index is 9.14. The van der Waals surface area contributed by atoms with E-state index in [0.717, 1.165) is 15.8 Å². The number of methoxy groups -OCH3 is 1. The minimum atomic E-state index is -0.266. The molecule has 0 saturated carbocycles. The van der Waals surface area contributed by atoms with E-state index in [1.165, 1.54) is 0 Å². The van der Waals surface area contributed by atoms with Crippen LogP contribution in [0.15, 0.2) is 22.7 Å². The molecule has 0 aromatic heterocycles. The average molecular weight is 297 g/mol. The van der Waals surface area contributed by atoms with Crippen LogP contribution in [-0.2, 0) is 5.41 Å². The van der Waals surface area contributed by atoms with Crippen molar-refractivity contribution in [1.29, 1.82) is 5.26 Å². The van der Waals surface area contributed by atoms with Crippen molar-refractivity contribution >= 4 is 15.9 Å². The lowest BCUT2D eigenvalue weighted by Gasteiger charge is -2.30. The molecule has 1 unspecified atom stereocenters. The number of nitrogens with zero attached hydrogens (tertiary/aromatic N) is 1. The number of nitriles is 1. The molecule has 0 radical (unpaired) electrons.